The molecule has 4 atom stereocenters. The fraction of sp³-hybridized carbons (Fsp3) is 0.625. The van der Waals surface area contributed by atoms with Gasteiger partial charge in [0.15, 0.2) is 6.23 Å². The van der Waals surface area contributed by atoms with Crippen LogP contribution in [0.25, 0.3) is 0 Å². The zero-order valence-electron chi connectivity index (χ0n) is 9.57. The second kappa shape index (κ2) is 6.16. The fourth-order valence-corrected chi connectivity index (χ4v) is 1.64. The molecular weight excluding hydrogens is 260 g/mol. The van der Waals surface area contributed by atoms with Gasteiger partial charge >= 0.3 is 5.69 Å². The lowest BCUT2D eigenvalue weighted by Crippen LogP contribution is -2.36. The third kappa shape index (κ3) is 2.83. The van der Waals surface area contributed by atoms with Crippen molar-refractivity contribution in [1.82, 2.24) is 14.5 Å². The molecule has 1 aromatic rings. The second-order valence-electron chi connectivity index (χ2n) is 3.63. The first-order valence-electron chi connectivity index (χ1n) is 5.07. The predicted octanol–water partition coefficient (Wildman–Crippen LogP) is -3.14. The first kappa shape index (κ1) is 14.9. The summed E-state index contributed by atoms with van der Waals surface area (Å²) in [6.07, 6.45) is -3.67. The van der Waals surface area contributed by atoms with Crippen LogP contribution < -0.4 is 11.4 Å². The Bertz CT molecular complexity index is 504. The number of hydrogen-bond acceptors (Lipinski definition) is 10. The number of aliphatic hydroxyl groups excluding tert-OH is 3. The molecule has 104 valence electrons. The maximum atomic E-state index is 11.5. The molecule has 0 bridgehead atoms. The van der Waals surface area contributed by atoms with Crippen LogP contribution in [0, 0.1) is 10.8 Å². The number of nitrogens with two attached hydrogens (primary N) is 1. The quantitative estimate of drug-likeness (QED) is 0.400. The number of nitrogens with zero attached hydrogens (tertiary/aromatic N) is 5. The van der Waals surface area contributed by atoms with Crippen LogP contribution in [0.1, 0.15) is 6.23 Å². The Hall–Kier alpha value is -2.13. The van der Waals surface area contributed by atoms with Crippen LogP contribution in [0.5, 0.6) is 0 Å². The van der Waals surface area contributed by atoms with Crippen molar-refractivity contribution in [2.75, 3.05) is 12.3 Å². The van der Waals surface area contributed by atoms with Crippen molar-refractivity contribution in [3.63, 3.8) is 0 Å². The lowest BCUT2D eigenvalue weighted by Gasteiger charge is -2.16. The minimum atomic E-state index is -1.35. The van der Waals surface area contributed by atoms with Crippen molar-refractivity contribution in [1.29, 1.82) is 10.8 Å². The van der Waals surface area contributed by atoms with E-state index in [4.69, 9.17) is 26.4 Å². The van der Waals surface area contributed by atoms with E-state index in [9.17, 15) is 15.0 Å². The molecule has 1 unspecified atom stereocenters. The molecule has 0 radical (unpaired) electrons. The third-order valence-corrected chi connectivity index (χ3v) is 2.54. The van der Waals surface area contributed by atoms with E-state index in [-0.39, 0.29) is 5.95 Å². The Morgan fingerprint density at radius 1 is 1.42 bits per heavy atom. The Labute approximate surface area is 106 Å². The van der Waals surface area contributed by atoms with Gasteiger partial charge in [0.2, 0.25) is 5.95 Å². The highest BCUT2D eigenvalue weighted by molar-refractivity contribution is 5.10. The molecule has 1 aromatic heterocycles. The van der Waals surface area contributed by atoms with Gasteiger partial charge in [0.05, 0.1) is 6.61 Å². The van der Waals surface area contributed by atoms with Gasteiger partial charge in [-0.3, -0.25) is 4.57 Å². The van der Waals surface area contributed by atoms with Crippen molar-refractivity contribution in [3.8, 4) is 0 Å². The maximum Gasteiger partial charge on any atom is 0.354 e. The van der Waals surface area contributed by atoms with E-state index in [0.717, 1.165) is 10.9 Å². The molecule has 1 aliphatic rings. The molecule has 2 rings (SSSR count). The Kier molecular flexibility index (Phi) is 4.84. The molecule has 11 nitrogen and oxygen atoms in total. The average Bonchev–Trinajstić information content (AvgIpc) is 2.69. The summed E-state index contributed by atoms with van der Waals surface area (Å²) in [7, 11) is 0. The van der Waals surface area contributed by atoms with Gasteiger partial charge in [-0.05, 0) is 0 Å². The zero-order chi connectivity index (χ0) is 14.6. The molecule has 0 amide bonds. The van der Waals surface area contributed by atoms with Crippen molar-refractivity contribution < 1.29 is 20.1 Å². The Morgan fingerprint density at radius 2 is 2.05 bits per heavy atom. The first-order chi connectivity index (χ1) is 9.04. The number of ether oxygens (including phenoxy) is 1. The molecule has 11 heteroatoms. The van der Waals surface area contributed by atoms with Gasteiger partial charge in [0.25, 0.3) is 0 Å². The molecule has 0 aromatic carbocycles. The maximum absolute atomic E-state index is 11.5. The number of hydrogen-bond donors (Lipinski definition) is 4. The number of nitrogen functional groups attached to an aromatic ring is 1. The van der Waals surface area contributed by atoms with Crippen LogP contribution >= 0.6 is 0 Å². The standard InChI is InChI=1S/C8H12N4O5.N2/c9-7-10-2-12(8(16)11-7)6-5(15)4(14)3(1-13)17-6;1-2/h2-6,13-15H,1H2,(H2,9,11,16);/t3-,4-,5-,6?;/m1./s1. The van der Waals surface area contributed by atoms with Gasteiger partial charge in [-0.15, -0.1) is 0 Å². The highest BCUT2D eigenvalue weighted by Gasteiger charge is 2.43. The first-order valence-corrected chi connectivity index (χ1v) is 5.07. The summed E-state index contributed by atoms with van der Waals surface area (Å²) in [5.74, 6) is -0.196. The SMILES string of the molecule is N#N.Nc1ncn(C2O[C@H](CO)[C@@H](O)[C@H]2O)c(=O)n1. The zero-order valence-corrected chi connectivity index (χ0v) is 9.57. The third-order valence-electron chi connectivity index (χ3n) is 2.54. The van der Waals surface area contributed by atoms with E-state index in [1.807, 2.05) is 0 Å². The minimum Gasteiger partial charge on any atom is -0.394 e. The van der Waals surface area contributed by atoms with Crippen LogP contribution in [-0.4, -0.2) is 54.8 Å². The summed E-state index contributed by atoms with van der Waals surface area (Å²) in [5, 5.41) is 40.1. The van der Waals surface area contributed by atoms with Crippen molar-refractivity contribution in [2.45, 2.75) is 24.5 Å². The van der Waals surface area contributed by atoms with Crippen LogP contribution in [0.15, 0.2) is 11.1 Å². The van der Waals surface area contributed by atoms with Gasteiger partial charge in [-0.25, -0.2) is 9.78 Å². The van der Waals surface area contributed by atoms with Crippen molar-refractivity contribution in [2.24, 2.45) is 0 Å². The molecule has 1 aliphatic heterocycles. The van der Waals surface area contributed by atoms with Crippen LogP contribution in [-0.2, 0) is 4.74 Å². The normalized spacial score (nSPS) is 29.5. The van der Waals surface area contributed by atoms with Gasteiger partial charge in [-0.1, -0.05) is 0 Å². The Morgan fingerprint density at radius 3 is 2.53 bits per heavy atom. The Balaban J connectivity index is 0.000000861. The topological polar surface area (TPSA) is 191 Å². The molecule has 1 saturated heterocycles. The largest absolute Gasteiger partial charge is 0.394 e. The van der Waals surface area contributed by atoms with E-state index in [1.54, 1.807) is 0 Å². The van der Waals surface area contributed by atoms with E-state index < -0.39 is 36.8 Å². The summed E-state index contributed by atoms with van der Waals surface area (Å²) in [5.41, 5.74) is 4.46. The highest BCUT2D eigenvalue weighted by atomic mass is 16.6. The number of aliphatic hydroxyl groups is 3. The molecule has 0 spiro atoms. The lowest BCUT2D eigenvalue weighted by atomic mass is 10.1. The van der Waals surface area contributed by atoms with Crippen LogP contribution in [0.3, 0.4) is 0 Å². The summed E-state index contributed by atoms with van der Waals surface area (Å²) >= 11 is 0. The van der Waals surface area contributed by atoms with E-state index >= 15 is 0 Å². The second-order valence-corrected chi connectivity index (χ2v) is 3.63. The number of anilines is 1. The predicted molar refractivity (Wildman–Crippen MR) is 57.2 cm³/mol. The van der Waals surface area contributed by atoms with Crippen LogP contribution in [0.2, 0.25) is 0 Å². The van der Waals surface area contributed by atoms with Crippen molar-refractivity contribution >= 4 is 5.95 Å². The molecule has 19 heavy (non-hydrogen) atoms. The van der Waals surface area contributed by atoms with E-state index in [1.165, 1.54) is 0 Å². The molecule has 2 heterocycles. The highest BCUT2D eigenvalue weighted by Crippen LogP contribution is 2.27. The molecule has 1 fully saturated rings. The van der Waals surface area contributed by atoms with E-state index in [2.05, 4.69) is 9.97 Å². The molecular formula is C8H12N6O5. The molecule has 0 saturated carbocycles. The lowest BCUT2D eigenvalue weighted by molar-refractivity contribution is -0.0554. The molecule has 5 N–H and O–H groups in total. The van der Waals surface area contributed by atoms with Gasteiger partial charge < -0.3 is 25.8 Å². The fourth-order valence-electron chi connectivity index (χ4n) is 1.64. The van der Waals surface area contributed by atoms with E-state index in [0.29, 0.717) is 0 Å². The van der Waals surface area contributed by atoms with Gasteiger partial charge in [0, 0.05) is 10.8 Å². The summed E-state index contributed by atoms with van der Waals surface area (Å²) in [6.45, 7) is -0.473. The number of aromatic nitrogens is 3. The minimum absolute atomic E-state index is 0.196. The van der Waals surface area contributed by atoms with Gasteiger partial charge in [-0.2, -0.15) is 4.98 Å². The number of rotatable bonds is 2. The monoisotopic (exact) mass is 272 g/mol. The summed E-state index contributed by atoms with van der Waals surface area (Å²) < 4.78 is 6.04. The van der Waals surface area contributed by atoms with Gasteiger partial charge in [0.1, 0.15) is 24.6 Å². The summed E-state index contributed by atoms with van der Waals surface area (Å²) in [4.78, 5) is 18.4. The average molecular weight is 272 g/mol. The summed E-state index contributed by atoms with van der Waals surface area (Å²) in [6, 6.07) is 0. The molecule has 0 aliphatic carbocycles. The smallest absolute Gasteiger partial charge is 0.354 e. The van der Waals surface area contributed by atoms with Crippen LogP contribution in [0.4, 0.5) is 5.95 Å². The van der Waals surface area contributed by atoms with Crippen molar-refractivity contribution in [3.05, 3.63) is 16.8 Å².